The quantitative estimate of drug-likeness (QED) is 0.441. The van der Waals surface area contributed by atoms with Crippen LogP contribution >= 0.6 is 0 Å². The van der Waals surface area contributed by atoms with Crippen molar-refractivity contribution in [2.24, 2.45) is 5.84 Å². The van der Waals surface area contributed by atoms with Gasteiger partial charge in [-0.05, 0) is 30.2 Å². The van der Waals surface area contributed by atoms with Gasteiger partial charge in [0.05, 0.1) is 10.6 Å². The largest absolute Gasteiger partial charge is 0.355 e. The smallest absolute Gasteiger partial charge is 0.273 e. The molecule has 0 atom stereocenters. The lowest BCUT2D eigenvalue weighted by molar-refractivity contribution is -0.384. The third-order valence-corrected chi connectivity index (χ3v) is 2.92. The molecule has 0 spiro atoms. The maximum Gasteiger partial charge on any atom is 0.273 e. The lowest BCUT2D eigenvalue weighted by atomic mass is 10.1. The number of nitro benzene ring substituents is 1. The molecule has 0 heterocycles. The van der Waals surface area contributed by atoms with Gasteiger partial charge < -0.3 is 10.7 Å². The van der Waals surface area contributed by atoms with Gasteiger partial charge in [-0.1, -0.05) is 19.1 Å². The van der Waals surface area contributed by atoms with E-state index in [-0.39, 0.29) is 5.69 Å². The summed E-state index contributed by atoms with van der Waals surface area (Å²) in [7, 11) is 0. The van der Waals surface area contributed by atoms with Crippen molar-refractivity contribution in [3.05, 3.63) is 58.1 Å². The highest BCUT2D eigenvalue weighted by Crippen LogP contribution is 2.26. The molecule has 0 saturated carbocycles. The van der Waals surface area contributed by atoms with Crippen LogP contribution in [0.2, 0.25) is 0 Å². The Bertz CT molecular complexity index is 628. The molecule has 0 unspecified atom stereocenters. The van der Waals surface area contributed by atoms with Gasteiger partial charge in [0.25, 0.3) is 5.69 Å². The topological polar surface area (TPSA) is 93.2 Å². The Labute approximate surface area is 116 Å². The zero-order chi connectivity index (χ0) is 14.5. The van der Waals surface area contributed by atoms with E-state index in [0.29, 0.717) is 11.4 Å². The molecular weight excluding hydrogens is 256 g/mol. The van der Waals surface area contributed by atoms with E-state index in [1.165, 1.54) is 17.7 Å². The number of nitro groups is 1. The minimum Gasteiger partial charge on any atom is -0.355 e. The summed E-state index contributed by atoms with van der Waals surface area (Å²) in [6.45, 7) is 2.07. The third-order valence-electron chi connectivity index (χ3n) is 2.92. The number of anilines is 3. The van der Waals surface area contributed by atoms with E-state index in [9.17, 15) is 10.1 Å². The fourth-order valence-corrected chi connectivity index (χ4v) is 1.91. The second-order valence-corrected chi connectivity index (χ2v) is 4.35. The number of benzene rings is 2. The van der Waals surface area contributed by atoms with E-state index in [1.807, 2.05) is 24.3 Å². The van der Waals surface area contributed by atoms with Crippen molar-refractivity contribution in [1.29, 1.82) is 0 Å². The van der Waals surface area contributed by atoms with E-state index in [1.54, 1.807) is 6.07 Å². The van der Waals surface area contributed by atoms with Crippen LogP contribution < -0.4 is 16.6 Å². The molecule has 2 aromatic carbocycles. The number of nitrogen functional groups attached to an aromatic ring is 1. The Morgan fingerprint density at radius 3 is 2.55 bits per heavy atom. The molecule has 2 aromatic rings. The van der Waals surface area contributed by atoms with E-state index >= 15 is 0 Å². The van der Waals surface area contributed by atoms with Crippen LogP contribution in [0.3, 0.4) is 0 Å². The predicted molar refractivity (Wildman–Crippen MR) is 80.0 cm³/mol. The van der Waals surface area contributed by atoms with Crippen LogP contribution in [0.25, 0.3) is 0 Å². The molecule has 6 nitrogen and oxygen atoms in total. The van der Waals surface area contributed by atoms with Crippen LogP contribution in [-0.4, -0.2) is 4.92 Å². The molecule has 0 saturated heterocycles. The molecule has 4 N–H and O–H groups in total. The number of nitrogens with two attached hydrogens (primary N) is 1. The molecule has 0 aliphatic heterocycles. The van der Waals surface area contributed by atoms with Crippen LogP contribution in [0.4, 0.5) is 22.7 Å². The molecule has 20 heavy (non-hydrogen) atoms. The Hall–Kier alpha value is -2.60. The minimum absolute atomic E-state index is 0.0189. The predicted octanol–water partition coefficient (Wildman–Crippen LogP) is 3.19. The number of hydrazine groups is 1. The highest BCUT2D eigenvalue weighted by atomic mass is 16.6. The van der Waals surface area contributed by atoms with Crippen LogP contribution in [0.15, 0.2) is 42.5 Å². The molecule has 0 amide bonds. The molecule has 6 heteroatoms. The monoisotopic (exact) mass is 272 g/mol. The van der Waals surface area contributed by atoms with Crippen molar-refractivity contribution in [3.8, 4) is 0 Å². The van der Waals surface area contributed by atoms with Crippen molar-refractivity contribution in [2.45, 2.75) is 13.3 Å². The van der Waals surface area contributed by atoms with E-state index in [4.69, 9.17) is 5.84 Å². The first kappa shape index (κ1) is 13.8. The van der Waals surface area contributed by atoms with Crippen molar-refractivity contribution < 1.29 is 4.92 Å². The van der Waals surface area contributed by atoms with Gasteiger partial charge in [-0.2, -0.15) is 0 Å². The van der Waals surface area contributed by atoms with E-state index in [0.717, 1.165) is 12.1 Å². The summed E-state index contributed by atoms with van der Waals surface area (Å²) in [5.74, 6) is 5.33. The van der Waals surface area contributed by atoms with Crippen LogP contribution in [-0.2, 0) is 6.42 Å². The normalized spacial score (nSPS) is 10.1. The van der Waals surface area contributed by atoms with Gasteiger partial charge in [0.1, 0.15) is 0 Å². The van der Waals surface area contributed by atoms with Crippen LogP contribution in [0, 0.1) is 10.1 Å². The Kier molecular flexibility index (Phi) is 4.17. The molecule has 0 aromatic heterocycles. The number of hydrogen-bond acceptors (Lipinski definition) is 5. The first-order valence-corrected chi connectivity index (χ1v) is 6.24. The maximum absolute atomic E-state index is 10.9. The Morgan fingerprint density at radius 2 is 1.90 bits per heavy atom. The molecular formula is C14H16N4O2. The van der Waals surface area contributed by atoms with Gasteiger partial charge in [-0.25, -0.2) is 0 Å². The van der Waals surface area contributed by atoms with Gasteiger partial charge in [0.15, 0.2) is 0 Å². The van der Waals surface area contributed by atoms with Crippen molar-refractivity contribution in [2.75, 3.05) is 10.7 Å². The summed E-state index contributed by atoms with van der Waals surface area (Å²) in [5, 5.41) is 14.0. The zero-order valence-electron chi connectivity index (χ0n) is 11.1. The van der Waals surface area contributed by atoms with E-state index in [2.05, 4.69) is 17.7 Å². The number of aryl methyl sites for hydroxylation is 1. The van der Waals surface area contributed by atoms with Crippen LogP contribution in [0.1, 0.15) is 12.5 Å². The molecule has 104 valence electrons. The molecule has 2 rings (SSSR count). The maximum atomic E-state index is 10.9. The zero-order valence-corrected chi connectivity index (χ0v) is 11.1. The second-order valence-electron chi connectivity index (χ2n) is 4.35. The fraction of sp³-hybridized carbons (Fsp3) is 0.143. The van der Waals surface area contributed by atoms with Crippen molar-refractivity contribution >= 4 is 22.7 Å². The lowest BCUT2D eigenvalue weighted by Gasteiger charge is -2.09. The van der Waals surface area contributed by atoms with Crippen LogP contribution in [0.5, 0.6) is 0 Å². The second kappa shape index (κ2) is 6.03. The molecule has 0 aliphatic rings. The van der Waals surface area contributed by atoms with Gasteiger partial charge in [0.2, 0.25) is 0 Å². The molecule has 0 radical (unpaired) electrons. The summed E-state index contributed by atoms with van der Waals surface area (Å²) in [5.41, 5.74) is 5.57. The summed E-state index contributed by atoms with van der Waals surface area (Å²) in [6.07, 6.45) is 0.931. The average Bonchev–Trinajstić information content (AvgIpc) is 2.47. The highest BCUT2D eigenvalue weighted by molar-refractivity contribution is 5.68. The lowest BCUT2D eigenvalue weighted by Crippen LogP contribution is -2.07. The standard InChI is InChI=1S/C14H16N4O2/c1-2-10-4-3-5-11(6-10)16-12-7-13(17-15)9-14(8-12)18(19)20/h3-9,16-17H,2,15H2,1H3. The number of rotatable bonds is 5. The van der Waals surface area contributed by atoms with E-state index < -0.39 is 4.92 Å². The van der Waals surface area contributed by atoms with Gasteiger partial charge in [-0.15, -0.1) is 0 Å². The fourth-order valence-electron chi connectivity index (χ4n) is 1.91. The summed E-state index contributed by atoms with van der Waals surface area (Å²) < 4.78 is 0. The Morgan fingerprint density at radius 1 is 1.15 bits per heavy atom. The SMILES string of the molecule is CCc1cccc(Nc2cc(NN)cc([N+](=O)[O-])c2)c1. The third kappa shape index (κ3) is 3.24. The highest BCUT2D eigenvalue weighted by Gasteiger charge is 2.09. The molecule has 0 bridgehead atoms. The Balaban J connectivity index is 2.32. The summed E-state index contributed by atoms with van der Waals surface area (Å²) >= 11 is 0. The number of hydrogen-bond donors (Lipinski definition) is 3. The first-order valence-electron chi connectivity index (χ1n) is 6.24. The number of nitrogens with one attached hydrogen (secondary N) is 2. The minimum atomic E-state index is -0.450. The first-order chi connectivity index (χ1) is 9.62. The van der Waals surface area contributed by atoms with Crippen molar-refractivity contribution in [3.63, 3.8) is 0 Å². The number of nitrogens with zero attached hydrogens (tertiary/aromatic N) is 1. The molecule has 0 fully saturated rings. The van der Waals surface area contributed by atoms with Gasteiger partial charge in [-0.3, -0.25) is 16.0 Å². The van der Waals surface area contributed by atoms with Gasteiger partial charge >= 0.3 is 0 Å². The average molecular weight is 272 g/mol. The van der Waals surface area contributed by atoms with Crippen molar-refractivity contribution in [1.82, 2.24) is 0 Å². The number of non-ortho nitro benzene ring substituents is 1. The molecule has 0 aliphatic carbocycles. The summed E-state index contributed by atoms with van der Waals surface area (Å²) in [4.78, 5) is 10.4. The summed E-state index contributed by atoms with van der Waals surface area (Å²) in [6, 6.07) is 12.5. The van der Waals surface area contributed by atoms with Gasteiger partial charge in [0, 0.05) is 23.5 Å².